The maximum atomic E-state index is 12.7. The highest BCUT2D eigenvalue weighted by atomic mass is 32.3. The second-order valence-electron chi connectivity index (χ2n) is 10.0. The van der Waals surface area contributed by atoms with Crippen LogP contribution in [0.5, 0.6) is 0 Å². The van der Waals surface area contributed by atoms with Crippen molar-refractivity contribution in [2.24, 2.45) is 28.6 Å². The van der Waals surface area contributed by atoms with Gasteiger partial charge in [-0.05, 0) is 81.5 Å². The van der Waals surface area contributed by atoms with Crippen LogP contribution >= 0.6 is 0 Å². The molecule has 3 saturated carbocycles. The van der Waals surface area contributed by atoms with Gasteiger partial charge in [0.25, 0.3) is 0 Å². The van der Waals surface area contributed by atoms with Crippen LogP contribution < -0.4 is 0 Å². The molecule has 3 fully saturated rings. The Bertz CT molecular complexity index is 819. The molecule has 0 radical (unpaired) electrons. The number of Topliss-reactive ketones (excluding diaryl/α,β-unsaturated/α-hetero) is 1. The summed E-state index contributed by atoms with van der Waals surface area (Å²) in [6.07, 6.45) is 8.19. The van der Waals surface area contributed by atoms with Gasteiger partial charge in [0, 0.05) is 5.41 Å². The number of fused-ring (bicyclic) bond motifs is 5. The van der Waals surface area contributed by atoms with Crippen LogP contribution in [0.25, 0.3) is 0 Å². The molecule has 0 spiro atoms. The lowest BCUT2D eigenvalue weighted by Crippen LogP contribution is -2.58. The minimum atomic E-state index is -4.73. The molecule has 0 aromatic rings. The Morgan fingerprint density at radius 2 is 1.82 bits per heavy atom. The van der Waals surface area contributed by atoms with Crippen molar-refractivity contribution < 1.29 is 27.1 Å². The number of hydrogen-bond donors (Lipinski definition) is 2. The Morgan fingerprint density at radius 3 is 2.46 bits per heavy atom. The van der Waals surface area contributed by atoms with Gasteiger partial charge in [0.1, 0.15) is 0 Å². The number of carbonyl (C=O) groups excluding carboxylic acids is 1. The van der Waals surface area contributed by atoms with Crippen molar-refractivity contribution in [3.05, 3.63) is 11.6 Å². The molecule has 0 saturated heterocycles. The third-order valence-electron chi connectivity index (χ3n) is 9.01. The SMILES string of the molecule is CC(=O)[C@]1(OS(=O)(=O)O)CC[C@@H]2[C@H]3CC=C4C[C@@H](O)CC[C@]4(C)[C@@H]3CC[C@@]21C. The summed E-state index contributed by atoms with van der Waals surface area (Å²) >= 11 is 0. The normalized spacial score (nSPS) is 48.2. The van der Waals surface area contributed by atoms with Crippen LogP contribution in [0.3, 0.4) is 0 Å². The van der Waals surface area contributed by atoms with Gasteiger partial charge < -0.3 is 5.11 Å². The molecule has 2 N–H and O–H groups in total. The van der Waals surface area contributed by atoms with Crippen LogP contribution in [0, 0.1) is 28.6 Å². The van der Waals surface area contributed by atoms with Crippen LogP contribution in [0.2, 0.25) is 0 Å². The molecule has 0 unspecified atom stereocenters. The minimum Gasteiger partial charge on any atom is -0.393 e. The zero-order valence-electron chi connectivity index (χ0n) is 17.0. The third-order valence-corrected chi connectivity index (χ3v) is 9.51. The fourth-order valence-corrected chi connectivity index (χ4v) is 8.34. The van der Waals surface area contributed by atoms with E-state index in [-0.39, 0.29) is 23.2 Å². The predicted octanol–water partition coefficient (Wildman–Crippen LogP) is 3.46. The summed E-state index contributed by atoms with van der Waals surface area (Å²) in [6, 6.07) is 0. The maximum absolute atomic E-state index is 12.7. The molecule has 0 aromatic carbocycles. The monoisotopic (exact) mass is 412 g/mol. The van der Waals surface area contributed by atoms with E-state index in [1.807, 2.05) is 6.92 Å². The van der Waals surface area contributed by atoms with Crippen molar-refractivity contribution in [3.63, 3.8) is 0 Å². The number of allylic oxidation sites excluding steroid dienone is 1. The van der Waals surface area contributed by atoms with E-state index in [9.17, 15) is 22.9 Å². The Morgan fingerprint density at radius 1 is 1.14 bits per heavy atom. The molecule has 0 heterocycles. The van der Waals surface area contributed by atoms with E-state index in [4.69, 9.17) is 4.18 Å². The molecule has 4 aliphatic carbocycles. The van der Waals surface area contributed by atoms with Gasteiger partial charge in [-0.3, -0.25) is 9.35 Å². The number of rotatable bonds is 3. The van der Waals surface area contributed by atoms with E-state index in [2.05, 4.69) is 13.0 Å². The van der Waals surface area contributed by atoms with Gasteiger partial charge in [0.15, 0.2) is 11.4 Å². The molecule has 7 atom stereocenters. The smallest absolute Gasteiger partial charge is 0.393 e. The standard InChI is InChI=1S/C21H32O6S/c1-13(22)21(27-28(24,25)26)11-8-18-16-5-4-14-12-15(23)6-9-19(14,2)17(16)7-10-20(18,21)3/h4,15-18,23H,5-12H2,1-3H3,(H,24,25,26)/t15-,16-,17+,18+,19-,20-,21+/m0/s1. The van der Waals surface area contributed by atoms with Gasteiger partial charge in [-0.2, -0.15) is 8.42 Å². The molecule has 4 aliphatic rings. The second-order valence-corrected chi connectivity index (χ2v) is 11.1. The number of aliphatic hydroxyl groups is 1. The fourth-order valence-electron chi connectivity index (χ4n) is 7.59. The molecule has 6 nitrogen and oxygen atoms in total. The largest absolute Gasteiger partial charge is 0.398 e. The van der Waals surface area contributed by atoms with Crippen molar-refractivity contribution in [3.8, 4) is 0 Å². The Balaban J connectivity index is 1.71. The van der Waals surface area contributed by atoms with E-state index in [1.54, 1.807) is 0 Å². The zero-order chi connectivity index (χ0) is 20.5. The Labute approximate surface area is 167 Å². The highest BCUT2D eigenvalue weighted by Gasteiger charge is 2.67. The molecule has 158 valence electrons. The van der Waals surface area contributed by atoms with Crippen LogP contribution in [0.1, 0.15) is 72.1 Å². The van der Waals surface area contributed by atoms with E-state index < -0.39 is 21.4 Å². The highest BCUT2D eigenvalue weighted by Crippen LogP contribution is 2.68. The van der Waals surface area contributed by atoms with Gasteiger partial charge >= 0.3 is 10.4 Å². The van der Waals surface area contributed by atoms with Gasteiger partial charge in [0.05, 0.1) is 6.10 Å². The zero-order valence-corrected chi connectivity index (χ0v) is 17.8. The molecule has 0 aliphatic heterocycles. The van der Waals surface area contributed by atoms with Gasteiger partial charge in [-0.15, -0.1) is 0 Å². The molecule has 7 heteroatoms. The first-order chi connectivity index (χ1) is 12.9. The lowest BCUT2D eigenvalue weighted by atomic mass is 9.47. The van der Waals surface area contributed by atoms with E-state index in [0.29, 0.717) is 24.7 Å². The Hall–Kier alpha value is -0.760. The van der Waals surface area contributed by atoms with E-state index in [0.717, 1.165) is 38.5 Å². The van der Waals surface area contributed by atoms with Gasteiger partial charge in [0.2, 0.25) is 0 Å². The summed E-state index contributed by atoms with van der Waals surface area (Å²) < 4.78 is 37.8. The van der Waals surface area contributed by atoms with Gasteiger partial charge in [-0.1, -0.05) is 25.5 Å². The summed E-state index contributed by atoms with van der Waals surface area (Å²) in [6.45, 7) is 5.69. The summed E-state index contributed by atoms with van der Waals surface area (Å²) in [5.41, 5.74) is -0.620. The predicted molar refractivity (Wildman–Crippen MR) is 104 cm³/mol. The molecule has 0 aromatic heterocycles. The molecule has 0 amide bonds. The number of carbonyl (C=O) groups is 1. The minimum absolute atomic E-state index is 0.0782. The highest BCUT2D eigenvalue weighted by molar-refractivity contribution is 7.81. The average molecular weight is 413 g/mol. The van der Waals surface area contributed by atoms with Crippen molar-refractivity contribution in [2.75, 3.05) is 0 Å². The first kappa shape index (κ1) is 20.5. The number of ketones is 1. The molecular formula is C21H32O6S. The van der Waals surface area contributed by atoms with Crippen molar-refractivity contribution >= 4 is 16.2 Å². The van der Waals surface area contributed by atoms with Crippen molar-refractivity contribution in [1.82, 2.24) is 0 Å². The topological polar surface area (TPSA) is 101 Å². The Kier molecular flexibility index (Phi) is 4.66. The maximum Gasteiger partial charge on any atom is 0.398 e. The summed E-state index contributed by atoms with van der Waals surface area (Å²) in [7, 11) is -4.73. The summed E-state index contributed by atoms with van der Waals surface area (Å²) in [5, 5.41) is 10.1. The molecule has 28 heavy (non-hydrogen) atoms. The summed E-state index contributed by atoms with van der Waals surface area (Å²) in [5.74, 6) is 0.714. The quantitative estimate of drug-likeness (QED) is 0.544. The lowest BCUT2D eigenvalue weighted by Gasteiger charge is -2.58. The lowest BCUT2D eigenvalue weighted by molar-refractivity contribution is -0.153. The van der Waals surface area contributed by atoms with Crippen molar-refractivity contribution in [1.29, 1.82) is 0 Å². The molecule has 0 bridgehead atoms. The van der Waals surface area contributed by atoms with Crippen LogP contribution in [0.4, 0.5) is 0 Å². The van der Waals surface area contributed by atoms with Crippen LogP contribution in [-0.2, 0) is 19.4 Å². The van der Waals surface area contributed by atoms with E-state index in [1.165, 1.54) is 12.5 Å². The molecular weight excluding hydrogens is 380 g/mol. The fraction of sp³-hybridized carbons (Fsp3) is 0.857. The first-order valence-corrected chi connectivity index (χ1v) is 11.9. The van der Waals surface area contributed by atoms with Crippen molar-refractivity contribution in [2.45, 2.75) is 83.8 Å². The number of hydrogen-bond acceptors (Lipinski definition) is 5. The van der Waals surface area contributed by atoms with Crippen LogP contribution in [0.15, 0.2) is 11.6 Å². The number of aliphatic hydroxyl groups excluding tert-OH is 1. The van der Waals surface area contributed by atoms with Gasteiger partial charge in [-0.25, -0.2) is 4.18 Å². The second kappa shape index (κ2) is 6.37. The van der Waals surface area contributed by atoms with Crippen LogP contribution in [-0.4, -0.2) is 35.6 Å². The third kappa shape index (κ3) is 2.76. The summed E-state index contributed by atoms with van der Waals surface area (Å²) in [4.78, 5) is 12.7. The first-order valence-electron chi connectivity index (χ1n) is 10.5. The van der Waals surface area contributed by atoms with E-state index >= 15 is 0 Å². The average Bonchev–Trinajstić information content (AvgIpc) is 2.88. The molecule has 4 rings (SSSR count).